The predicted molar refractivity (Wildman–Crippen MR) is 57.0 cm³/mol. The van der Waals surface area contributed by atoms with Crippen LogP contribution < -0.4 is 5.73 Å². The number of likely N-dealkylation sites (tertiary alicyclic amines) is 1. The highest BCUT2D eigenvalue weighted by atomic mass is 15.1. The van der Waals surface area contributed by atoms with Crippen molar-refractivity contribution in [2.24, 2.45) is 10.7 Å². The number of hydrogen-bond acceptors (Lipinski definition) is 2. The van der Waals surface area contributed by atoms with Crippen molar-refractivity contribution < 1.29 is 0 Å². The monoisotopic (exact) mass is 183 g/mol. The molecule has 1 atom stereocenters. The second kappa shape index (κ2) is 5.22. The van der Waals surface area contributed by atoms with Gasteiger partial charge < -0.3 is 10.6 Å². The van der Waals surface area contributed by atoms with E-state index in [9.17, 15) is 0 Å². The molecule has 0 saturated carbocycles. The molecule has 1 rings (SSSR count). The molecule has 3 nitrogen and oxygen atoms in total. The molecule has 76 valence electrons. The second-order valence-corrected chi connectivity index (χ2v) is 3.66. The van der Waals surface area contributed by atoms with Crippen molar-refractivity contribution in [2.75, 3.05) is 19.6 Å². The fourth-order valence-corrected chi connectivity index (χ4v) is 1.75. The van der Waals surface area contributed by atoms with E-state index in [1.54, 1.807) is 0 Å². The summed E-state index contributed by atoms with van der Waals surface area (Å²) in [5.41, 5.74) is 5.72. The molecule has 1 aliphatic heterocycles. The van der Waals surface area contributed by atoms with Gasteiger partial charge in [0.2, 0.25) is 0 Å². The standard InChI is InChI=1S/C10H21N3/c1-3-10(11)12-9-6-5-7-13(4-2)8-9/h9H,3-8H2,1-2H3,(H2,11,12). The van der Waals surface area contributed by atoms with E-state index in [4.69, 9.17) is 5.73 Å². The maximum atomic E-state index is 5.72. The van der Waals surface area contributed by atoms with E-state index in [2.05, 4.69) is 23.7 Å². The first-order valence-electron chi connectivity index (χ1n) is 5.30. The number of nitrogens with two attached hydrogens (primary N) is 1. The minimum absolute atomic E-state index is 0.452. The molecule has 0 aromatic rings. The van der Waals surface area contributed by atoms with Gasteiger partial charge in [0.1, 0.15) is 0 Å². The van der Waals surface area contributed by atoms with Crippen LogP contribution in [0.2, 0.25) is 0 Å². The summed E-state index contributed by atoms with van der Waals surface area (Å²) in [4.78, 5) is 6.95. The third-order valence-electron chi connectivity index (χ3n) is 2.64. The molecular weight excluding hydrogens is 162 g/mol. The van der Waals surface area contributed by atoms with Crippen LogP contribution in [0.25, 0.3) is 0 Å². The van der Waals surface area contributed by atoms with Crippen molar-refractivity contribution in [2.45, 2.75) is 39.2 Å². The lowest BCUT2D eigenvalue weighted by Gasteiger charge is -2.29. The SMILES string of the molecule is CCC(N)=NC1CCCN(CC)C1. The molecular formula is C10H21N3. The number of nitrogens with zero attached hydrogens (tertiary/aromatic N) is 2. The number of rotatable bonds is 3. The molecule has 0 spiro atoms. The fraction of sp³-hybridized carbons (Fsp3) is 0.900. The number of hydrogen-bond donors (Lipinski definition) is 1. The largest absolute Gasteiger partial charge is 0.387 e. The highest BCUT2D eigenvalue weighted by Gasteiger charge is 2.17. The number of aliphatic imine (C=N–C) groups is 1. The Morgan fingerprint density at radius 1 is 1.54 bits per heavy atom. The van der Waals surface area contributed by atoms with E-state index in [0.717, 1.165) is 25.3 Å². The topological polar surface area (TPSA) is 41.6 Å². The van der Waals surface area contributed by atoms with Crippen LogP contribution in [0, 0.1) is 0 Å². The molecule has 0 bridgehead atoms. The van der Waals surface area contributed by atoms with Gasteiger partial charge in [0.25, 0.3) is 0 Å². The van der Waals surface area contributed by atoms with Gasteiger partial charge in [-0.15, -0.1) is 0 Å². The van der Waals surface area contributed by atoms with E-state index >= 15 is 0 Å². The van der Waals surface area contributed by atoms with Gasteiger partial charge in [-0.2, -0.15) is 0 Å². The summed E-state index contributed by atoms with van der Waals surface area (Å²) in [6.07, 6.45) is 3.35. The van der Waals surface area contributed by atoms with Gasteiger partial charge in [0.05, 0.1) is 11.9 Å². The number of amidine groups is 1. The molecule has 1 unspecified atom stereocenters. The first kappa shape index (κ1) is 10.5. The lowest BCUT2D eigenvalue weighted by molar-refractivity contribution is 0.220. The zero-order valence-corrected chi connectivity index (χ0v) is 8.79. The Bertz CT molecular complexity index is 177. The minimum Gasteiger partial charge on any atom is -0.387 e. The molecule has 0 amide bonds. The van der Waals surface area contributed by atoms with Crippen LogP contribution in [0.1, 0.15) is 33.1 Å². The Morgan fingerprint density at radius 2 is 2.31 bits per heavy atom. The van der Waals surface area contributed by atoms with Gasteiger partial charge in [-0.1, -0.05) is 13.8 Å². The molecule has 1 heterocycles. The van der Waals surface area contributed by atoms with Crippen LogP contribution in [-0.2, 0) is 0 Å². The van der Waals surface area contributed by atoms with E-state index in [0.29, 0.717) is 6.04 Å². The third-order valence-corrected chi connectivity index (χ3v) is 2.64. The molecule has 1 fully saturated rings. The fourth-order valence-electron chi connectivity index (χ4n) is 1.75. The average molecular weight is 183 g/mol. The number of likely N-dealkylation sites (N-methyl/N-ethyl adjacent to an activating group) is 1. The predicted octanol–water partition coefficient (Wildman–Crippen LogP) is 1.24. The first-order valence-corrected chi connectivity index (χ1v) is 5.30. The van der Waals surface area contributed by atoms with Gasteiger partial charge in [0.15, 0.2) is 0 Å². The van der Waals surface area contributed by atoms with Crippen molar-refractivity contribution in [3.63, 3.8) is 0 Å². The molecule has 0 aromatic heterocycles. The Hall–Kier alpha value is -0.570. The van der Waals surface area contributed by atoms with Gasteiger partial charge in [0, 0.05) is 13.0 Å². The molecule has 13 heavy (non-hydrogen) atoms. The Morgan fingerprint density at radius 3 is 2.92 bits per heavy atom. The molecule has 1 aliphatic rings. The van der Waals surface area contributed by atoms with Crippen molar-refractivity contribution in [1.82, 2.24) is 4.90 Å². The molecule has 0 aromatic carbocycles. The van der Waals surface area contributed by atoms with Crippen LogP contribution in [0.3, 0.4) is 0 Å². The minimum atomic E-state index is 0.452. The second-order valence-electron chi connectivity index (χ2n) is 3.66. The van der Waals surface area contributed by atoms with Gasteiger partial charge in [-0.05, 0) is 25.9 Å². The Labute approximate surface area is 81.0 Å². The first-order chi connectivity index (χ1) is 6.26. The summed E-state index contributed by atoms with van der Waals surface area (Å²) in [6.45, 7) is 7.72. The lowest BCUT2D eigenvalue weighted by atomic mass is 10.1. The van der Waals surface area contributed by atoms with Gasteiger partial charge in [-0.25, -0.2) is 0 Å². The van der Waals surface area contributed by atoms with Gasteiger partial charge in [-0.3, -0.25) is 4.99 Å². The summed E-state index contributed by atoms with van der Waals surface area (Å²) >= 11 is 0. The van der Waals surface area contributed by atoms with E-state index in [-0.39, 0.29) is 0 Å². The molecule has 0 aliphatic carbocycles. The van der Waals surface area contributed by atoms with Crippen LogP contribution in [0.15, 0.2) is 4.99 Å². The van der Waals surface area contributed by atoms with Crippen molar-refractivity contribution in [3.05, 3.63) is 0 Å². The highest BCUT2D eigenvalue weighted by molar-refractivity contribution is 5.80. The number of piperidine rings is 1. The molecule has 2 N–H and O–H groups in total. The summed E-state index contributed by atoms with van der Waals surface area (Å²) in [6, 6.07) is 0.452. The quantitative estimate of drug-likeness (QED) is 0.528. The van der Waals surface area contributed by atoms with E-state index in [1.165, 1.54) is 19.4 Å². The highest BCUT2D eigenvalue weighted by Crippen LogP contribution is 2.12. The zero-order valence-electron chi connectivity index (χ0n) is 8.79. The normalized spacial score (nSPS) is 26.3. The maximum Gasteiger partial charge on any atom is 0.0938 e. The summed E-state index contributed by atoms with van der Waals surface area (Å²) in [5, 5.41) is 0. The summed E-state index contributed by atoms with van der Waals surface area (Å²) in [5.74, 6) is 0.808. The van der Waals surface area contributed by atoms with Crippen LogP contribution in [0.4, 0.5) is 0 Å². The van der Waals surface area contributed by atoms with E-state index in [1.807, 2.05) is 0 Å². The van der Waals surface area contributed by atoms with Crippen molar-refractivity contribution >= 4 is 5.84 Å². The van der Waals surface area contributed by atoms with Crippen LogP contribution in [-0.4, -0.2) is 36.4 Å². The summed E-state index contributed by atoms with van der Waals surface area (Å²) < 4.78 is 0. The maximum absolute atomic E-state index is 5.72. The molecule has 0 radical (unpaired) electrons. The van der Waals surface area contributed by atoms with Gasteiger partial charge >= 0.3 is 0 Å². The average Bonchev–Trinajstić information content (AvgIpc) is 2.18. The third kappa shape index (κ3) is 3.35. The smallest absolute Gasteiger partial charge is 0.0938 e. The Kier molecular flexibility index (Phi) is 4.22. The van der Waals surface area contributed by atoms with Crippen molar-refractivity contribution in [3.8, 4) is 0 Å². The van der Waals surface area contributed by atoms with Crippen LogP contribution in [0.5, 0.6) is 0 Å². The molecule has 1 saturated heterocycles. The zero-order chi connectivity index (χ0) is 9.68. The van der Waals surface area contributed by atoms with E-state index < -0.39 is 0 Å². The molecule has 3 heteroatoms. The summed E-state index contributed by atoms with van der Waals surface area (Å²) in [7, 11) is 0. The lowest BCUT2D eigenvalue weighted by Crippen LogP contribution is -2.38. The Balaban J connectivity index is 2.42. The van der Waals surface area contributed by atoms with Crippen molar-refractivity contribution in [1.29, 1.82) is 0 Å². The van der Waals surface area contributed by atoms with Crippen LogP contribution >= 0.6 is 0 Å².